The Bertz CT molecular complexity index is 898. The molecule has 0 heterocycles. The quantitative estimate of drug-likeness (QED) is 0.456. The average Bonchev–Trinajstić information content (AvgIpc) is 3.32. The van der Waals surface area contributed by atoms with Gasteiger partial charge < -0.3 is 14.4 Å². The molecule has 1 aliphatic carbocycles. The van der Waals surface area contributed by atoms with Gasteiger partial charge in [-0.15, -0.1) is 5.92 Å². The van der Waals surface area contributed by atoms with E-state index in [1.807, 2.05) is 59.5 Å². The van der Waals surface area contributed by atoms with E-state index in [1.54, 1.807) is 20.1 Å². The molecule has 1 saturated carbocycles. The highest BCUT2D eigenvalue weighted by molar-refractivity contribution is 5.92. The minimum Gasteiger partial charge on any atom is -0.497 e. The second-order valence-corrected chi connectivity index (χ2v) is 7.37. The second kappa shape index (κ2) is 11.1. The van der Waals surface area contributed by atoms with E-state index in [-0.39, 0.29) is 5.91 Å². The maximum Gasteiger partial charge on any atom is 0.247 e. The number of benzene rings is 2. The monoisotopic (exact) mass is 403 g/mol. The predicted molar refractivity (Wildman–Crippen MR) is 120 cm³/mol. The second-order valence-electron chi connectivity index (χ2n) is 7.37. The van der Waals surface area contributed by atoms with Gasteiger partial charge in [-0.25, -0.2) is 0 Å². The van der Waals surface area contributed by atoms with Gasteiger partial charge >= 0.3 is 0 Å². The van der Waals surface area contributed by atoms with E-state index in [2.05, 4.69) is 11.8 Å². The van der Waals surface area contributed by atoms with Crippen LogP contribution in [0.3, 0.4) is 0 Å². The first-order valence-electron chi connectivity index (χ1n) is 10.4. The minimum absolute atomic E-state index is 0.0521. The van der Waals surface area contributed by atoms with Gasteiger partial charge in [0.05, 0.1) is 7.11 Å². The summed E-state index contributed by atoms with van der Waals surface area (Å²) in [5, 5.41) is 0. The zero-order chi connectivity index (χ0) is 21.2. The van der Waals surface area contributed by atoms with Gasteiger partial charge in [0.2, 0.25) is 5.91 Å². The van der Waals surface area contributed by atoms with Crippen molar-refractivity contribution in [3.05, 3.63) is 65.7 Å². The maximum atomic E-state index is 13.0. The van der Waals surface area contributed by atoms with Crippen molar-refractivity contribution in [3.8, 4) is 23.3 Å². The number of nitrogens with zero attached hydrogens (tertiary/aromatic N) is 1. The van der Waals surface area contributed by atoms with Gasteiger partial charge in [0.1, 0.15) is 18.1 Å². The Kier molecular flexibility index (Phi) is 7.97. The van der Waals surface area contributed by atoms with E-state index in [9.17, 15) is 4.79 Å². The van der Waals surface area contributed by atoms with Crippen LogP contribution in [0.4, 0.5) is 0 Å². The first kappa shape index (κ1) is 21.5. The molecule has 4 heteroatoms. The molecule has 1 amide bonds. The van der Waals surface area contributed by atoms with Gasteiger partial charge in [-0.2, -0.15) is 0 Å². The average molecular weight is 404 g/mol. The highest BCUT2D eigenvalue weighted by atomic mass is 16.5. The van der Waals surface area contributed by atoms with Crippen LogP contribution in [0.2, 0.25) is 0 Å². The molecule has 0 aromatic heterocycles. The summed E-state index contributed by atoms with van der Waals surface area (Å²) < 4.78 is 10.8. The van der Waals surface area contributed by atoms with Crippen molar-refractivity contribution in [2.45, 2.75) is 45.2 Å². The van der Waals surface area contributed by atoms with Gasteiger partial charge in [-0.05, 0) is 61.2 Å². The Morgan fingerprint density at radius 1 is 1.07 bits per heavy atom. The van der Waals surface area contributed by atoms with Crippen molar-refractivity contribution in [2.75, 3.05) is 13.7 Å². The lowest BCUT2D eigenvalue weighted by Crippen LogP contribution is -2.37. The summed E-state index contributed by atoms with van der Waals surface area (Å²) in [6, 6.07) is 15.9. The van der Waals surface area contributed by atoms with Crippen LogP contribution in [0, 0.1) is 11.8 Å². The highest BCUT2D eigenvalue weighted by Crippen LogP contribution is 2.26. The van der Waals surface area contributed by atoms with Gasteiger partial charge in [0.25, 0.3) is 0 Å². The summed E-state index contributed by atoms with van der Waals surface area (Å²) in [6.45, 7) is 2.79. The molecule has 4 nitrogen and oxygen atoms in total. The lowest BCUT2D eigenvalue weighted by molar-refractivity contribution is -0.128. The molecule has 30 heavy (non-hydrogen) atoms. The molecule has 0 aliphatic heterocycles. The molecule has 0 saturated heterocycles. The van der Waals surface area contributed by atoms with Crippen molar-refractivity contribution >= 4 is 12.0 Å². The zero-order valence-corrected chi connectivity index (χ0v) is 17.8. The molecule has 1 aliphatic rings. The molecule has 0 radical (unpaired) electrons. The highest BCUT2D eigenvalue weighted by Gasteiger charge is 2.25. The van der Waals surface area contributed by atoms with E-state index >= 15 is 0 Å². The first-order chi connectivity index (χ1) is 14.7. The van der Waals surface area contributed by atoms with Gasteiger partial charge in [0.15, 0.2) is 0 Å². The van der Waals surface area contributed by atoms with Crippen molar-refractivity contribution < 1.29 is 14.3 Å². The number of hydrogen-bond acceptors (Lipinski definition) is 3. The molecule has 156 valence electrons. The van der Waals surface area contributed by atoms with E-state index < -0.39 is 0 Å². The van der Waals surface area contributed by atoms with Crippen LogP contribution in [-0.2, 0) is 11.3 Å². The lowest BCUT2D eigenvalue weighted by atomic mass is 10.1. The van der Waals surface area contributed by atoms with Crippen LogP contribution in [0.25, 0.3) is 6.08 Å². The largest absolute Gasteiger partial charge is 0.497 e. The van der Waals surface area contributed by atoms with Crippen LogP contribution < -0.4 is 9.47 Å². The normalized spacial score (nSPS) is 13.7. The molecule has 0 unspecified atom stereocenters. The molecular formula is C26H29NO3. The minimum atomic E-state index is 0.0521. The lowest BCUT2D eigenvalue weighted by Gasteiger charge is -2.28. The standard InChI is InChI=1S/C26H29NO3/c1-3-4-19-30-25-16-11-22(12-17-25)20-27(23-7-5-6-8-23)26(28)18-13-21-9-14-24(29-2)15-10-21/h9-18,23H,5-8,19-20H2,1-2H3. The smallest absolute Gasteiger partial charge is 0.247 e. The fourth-order valence-electron chi connectivity index (χ4n) is 3.66. The molecule has 1 fully saturated rings. The predicted octanol–water partition coefficient (Wildman–Crippen LogP) is 5.08. The van der Waals surface area contributed by atoms with Gasteiger partial charge in [0, 0.05) is 18.7 Å². The molecule has 0 spiro atoms. The summed E-state index contributed by atoms with van der Waals surface area (Å²) in [7, 11) is 1.64. The Morgan fingerprint density at radius 3 is 2.37 bits per heavy atom. The van der Waals surface area contributed by atoms with Crippen molar-refractivity contribution in [2.24, 2.45) is 0 Å². The zero-order valence-electron chi connectivity index (χ0n) is 17.8. The SMILES string of the molecule is CC#CCOc1ccc(CN(C(=O)C=Cc2ccc(OC)cc2)C2CCCC2)cc1. The summed E-state index contributed by atoms with van der Waals surface area (Å²) in [6.07, 6.45) is 8.05. The fourth-order valence-corrected chi connectivity index (χ4v) is 3.66. The van der Waals surface area contributed by atoms with E-state index in [0.717, 1.165) is 35.5 Å². The van der Waals surface area contributed by atoms with E-state index in [0.29, 0.717) is 19.2 Å². The Balaban J connectivity index is 1.68. The number of hydrogen-bond donors (Lipinski definition) is 0. The van der Waals surface area contributed by atoms with Crippen LogP contribution in [0.1, 0.15) is 43.7 Å². The summed E-state index contributed by atoms with van der Waals surface area (Å²) in [5.74, 6) is 7.36. The number of methoxy groups -OCH3 is 1. The topological polar surface area (TPSA) is 38.8 Å². The maximum absolute atomic E-state index is 13.0. The van der Waals surface area contributed by atoms with Crippen LogP contribution in [0.5, 0.6) is 11.5 Å². The Labute approximate surface area is 179 Å². The number of rotatable bonds is 8. The van der Waals surface area contributed by atoms with E-state index in [4.69, 9.17) is 9.47 Å². The number of carbonyl (C=O) groups is 1. The Morgan fingerprint density at radius 2 is 1.73 bits per heavy atom. The van der Waals surface area contributed by atoms with Crippen molar-refractivity contribution in [3.63, 3.8) is 0 Å². The summed E-state index contributed by atoms with van der Waals surface area (Å²) in [5.41, 5.74) is 2.08. The van der Waals surface area contributed by atoms with Gasteiger partial charge in [-0.3, -0.25) is 4.79 Å². The third kappa shape index (κ3) is 6.15. The molecule has 3 rings (SSSR count). The molecule has 2 aromatic carbocycles. The third-order valence-corrected chi connectivity index (χ3v) is 5.35. The van der Waals surface area contributed by atoms with Crippen molar-refractivity contribution in [1.29, 1.82) is 0 Å². The third-order valence-electron chi connectivity index (χ3n) is 5.35. The summed E-state index contributed by atoms with van der Waals surface area (Å²) in [4.78, 5) is 15.1. The van der Waals surface area contributed by atoms with Crippen LogP contribution in [0.15, 0.2) is 54.6 Å². The van der Waals surface area contributed by atoms with Crippen LogP contribution >= 0.6 is 0 Å². The molecule has 0 atom stereocenters. The van der Waals surface area contributed by atoms with Crippen molar-refractivity contribution in [1.82, 2.24) is 4.90 Å². The molecule has 2 aromatic rings. The molecule has 0 N–H and O–H groups in total. The number of ether oxygens (including phenoxy) is 2. The Hall–Kier alpha value is -3.19. The van der Waals surface area contributed by atoms with E-state index in [1.165, 1.54) is 12.8 Å². The molecule has 0 bridgehead atoms. The number of amides is 1. The van der Waals surface area contributed by atoms with Crippen LogP contribution in [-0.4, -0.2) is 30.6 Å². The fraction of sp³-hybridized carbons (Fsp3) is 0.346. The molecular weight excluding hydrogens is 374 g/mol. The first-order valence-corrected chi connectivity index (χ1v) is 10.4. The number of carbonyl (C=O) groups excluding carboxylic acids is 1. The summed E-state index contributed by atoms with van der Waals surface area (Å²) >= 11 is 0. The van der Waals surface area contributed by atoms with Gasteiger partial charge in [-0.1, -0.05) is 43.0 Å².